The van der Waals surface area contributed by atoms with Crippen LogP contribution < -0.4 is 5.32 Å². The van der Waals surface area contributed by atoms with E-state index in [0.29, 0.717) is 12.1 Å². The van der Waals surface area contributed by atoms with Gasteiger partial charge in [0.25, 0.3) is 0 Å². The van der Waals surface area contributed by atoms with Crippen molar-refractivity contribution in [2.24, 2.45) is 0 Å². The van der Waals surface area contributed by atoms with Gasteiger partial charge in [-0.1, -0.05) is 52.0 Å². The predicted octanol–water partition coefficient (Wildman–Crippen LogP) is 3.85. The highest BCUT2D eigenvalue weighted by atomic mass is 15.1. The van der Waals surface area contributed by atoms with Crippen LogP contribution in [0, 0.1) is 0 Å². The van der Waals surface area contributed by atoms with Gasteiger partial charge in [0.1, 0.15) is 0 Å². The third-order valence-electron chi connectivity index (χ3n) is 4.06. The minimum absolute atomic E-state index is 0.564. The zero-order chi connectivity index (χ0) is 15.0. The van der Waals surface area contributed by atoms with E-state index in [2.05, 4.69) is 69.1 Å². The lowest BCUT2D eigenvalue weighted by atomic mass is 10.0. The van der Waals surface area contributed by atoms with Crippen molar-refractivity contribution in [3.63, 3.8) is 0 Å². The molecule has 1 unspecified atom stereocenters. The molecule has 2 heteroatoms. The molecule has 1 rings (SSSR count). The standard InChI is InChI=1S/C18H32N2/c1-6-16(5)20(7-2)14-18-11-9-8-10-17(18)12-13-19-15(3)4/h8-11,15-16,19H,6-7,12-14H2,1-5H3. The Hall–Kier alpha value is -0.860. The Labute approximate surface area is 125 Å². The third-order valence-corrected chi connectivity index (χ3v) is 4.06. The van der Waals surface area contributed by atoms with Crippen molar-refractivity contribution in [3.05, 3.63) is 35.4 Å². The minimum Gasteiger partial charge on any atom is -0.314 e. The first kappa shape index (κ1) is 17.2. The second-order valence-electron chi connectivity index (χ2n) is 5.95. The fourth-order valence-electron chi connectivity index (χ4n) is 2.51. The maximum atomic E-state index is 3.51. The Kier molecular flexibility index (Phi) is 7.86. The molecule has 0 spiro atoms. The van der Waals surface area contributed by atoms with Crippen molar-refractivity contribution in [3.8, 4) is 0 Å². The second-order valence-corrected chi connectivity index (χ2v) is 5.95. The topological polar surface area (TPSA) is 15.3 Å². The molecule has 1 N–H and O–H groups in total. The van der Waals surface area contributed by atoms with Gasteiger partial charge in [-0.3, -0.25) is 4.90 Å². The number of nitrogens with zero attached hydrogens (tertiary/aromatic N) is 1. The summed E-state index contributed by atoms with van der Waals surface area (Å²) >= 11 is 0. The summed E-state index contributed by atoms with van der Waals surface area (Å²) in [4.78, 5) is 2.56. The first-order chi connectivity index (χ1) is 9.58. The quantitative estimate of drug-likeness (QED) is 0.737. The van der Waals surface area contributed by atoms with Crippen LogP contribution in [0.15, 0.2) is 24.3 Å². The molecule has 0 amide bonds. The Bertz CT molecular complexity index is 373. The van der Waals surface area contributed by atoms with Gasteiger partial charge in [0.05, 0.1) is 0 Å². The molecule has 1 aromatic carbocycles. The summed E-state index contributed by atoms with van der Waals surface area (Å²) in [7, 11) is 0. The molecular formula is C18H32N2. The van der Waals surface area contributed by atoms with E-state index in [1.807, 2.05) is 0 Å². The van der Waals surface area contributed by atoms with Crippen LogP contribution in [0.25, 0.3) is 0 Å². The summed E-state index contributed by atoms with van der Waals surface area (Å²) < 4.78 is 0. The van der Waals surface area contributed by atoms with Crippen LogP contribution >= 0.6 is 0 Å². The van der Waals surface area contributed by atoms with Crippen LogP contribution in [0.4, 0.5) is 0 Å². The van der Waals surface area contributed by atoms with E-state index in [4.69, 9.17) is 0 Å². The first-order valence-electron chi connectivity index (χ1n) is 8.12. The van der Waals surface area contributed by atoms with E-state index >= 15 is 0 Å². The first-order valence-corrected chi connectivity index (χ1v) is 8.12. The average molecular weight is 276 g/mol. The number of hydrogen-bond acceptors (Lipinski definition) is 2. The average Bonchev–Trinajstić information content (AvgIpc) is 2.45. The van der Waals surface area contributed by atoms with Crippen molar-refractivity contribution < 1.29 is 0 Å². The molecule has 0 fully saturated rings. The minimum atomic E-state index is 0.564. The number of benzene rings is 1. The molecule has 1 atom stereocenters. The molecular weight excluding hydrogens is 244 g/mol. The van der Waals surface area contributed by atoms with E-state index in [9.17, 15) is 0 Å². The van der Waals surface area contributed by atoms with Gasteiger partial charge in [0.2, 0.25) is 0 Å². The third kappa shape index (κ3) is 5.64. The molecule has 0 heterocycles. The van der Waals surface area contributed by atoms with Gasteiger partial charge in [-0.25, -0.2) is 0 Å². The van der Waals surface area contributed by atoms with Gasteiger partial charge in [0, 0.05) is 18.6 Å². The summed E-state index contributed by atoms with van der Waals surface area (Å²) in [6.07, 6.45) is 2.33. The monoisotopic (exact) mass is 276 g/mol. The summed E-state index contributed by atoms with van der Waals surface area (Å²) in [6, 6.07) is 10.1. The molecule has 0 aromatic heterocycles. The van der Waals surface area contributed by atoms with Crippen LogP contribution in [0.2, 0.25) is 0 Å². The highest BCUT2D eigenvalue weighted by molar-refractivity contribution is 5.27. The highest BCUT2D eigenvalue weighted by Gasteiger charge is 2.12. The number of nitrogens with one attached hydrogen (secondary N) is 1. The van der Waals surface area contributed by atoms with Crippen molar-refractivity contribution >= 4 is 0 Å². The Morgan fingerprint density at radius 2 is 1.70 bits per heavy atom. The molecule has 0 aliphatic carbocycles. The van der Waals surface area contributed by atoms with Crippen LogP contribution in [0.5, 0.6) is 0 Å². The van der Waals surface area contributed by atoms with Crippen molar-refractivity contribution in [1.82, 2.24) is 10.2 Å². The SMILES string of the molecule is CCC(C)N(CC)Cc1ccccc1CCNC(C)C. The van der Waals surface area contributed by atoms with Gasteiger partial charge in [-0.05, 0) is 44.0 Å². The number of hydrogen-bond donors (Lipinski definition) is 1. The lowest BCUT2D eigenvalue weighted by Gasteiger charge is -2.28. The van der Waals surface area contributed by atoms with Gasteiger partial charge in [0.15, 0.2) is 0 Å². The maximum absolute atomic E-state index is 3.51. The molecule has 1 aromatic rings. The summed E-state index contributed by atoms with van der Waals surface area (Å²) in [5, 5.41) is 3.51. The van der Waals surface area contributed by atoms with E-state index in [-0.39, 0.29) is 0 Å². The molecule has 0 saturated heterocycles. The van der Waals surface area contributed by atoms with E-state index in [1.165, 1.54) is 17.5 Å². The number of rotatable bonds is 9. The van der Waals surface area contributed by atoms with Gasteiger partial charge < -0.3 is 5.32 Å². The fourth-order valence-corrected chi connectivity index (χ4v) is 2.51. The van der Waals surface area contributed by atoms with Crippen LogP contribution in [-0.2, 0) is 13.0 Å². The molecule has 0 bridgehead atoms. The normalized spacial score (nSPS) is 13.2. The lowest BCUT2D eigenvalue weighted by molar-refractivity contribution is 0.205. The molecule has 0 radical (unpaired) electrons. The summed E-state index contributed by atoms with van der Waals surface area (Å²) in [6.45, 7) is 14.5. The zero-order valence-corrected chi connectivity index (χ0v) is 13.9. The smallest absolute Gasteiger partial charge is 0.0239 e. The van der Waals surface area contributed by atoms with Gasteiger partial charge >= 0.3 is 0 Å². The van der Waals surface area contributed by atoms with Crippen LogP contribution in [-0.4, -0.2) is 30.1 Å². The lowest BCUT2D eigenvalue weighted by Crippen LogP contribution is -2.32. The van der Waals surface area contributed by atoms with Crippen molar-refractivity contribution in [2.75, 3.05) is 13.1 Å². The molecule has 0 aliphatic heterocycles. The molecule has 2 nitrogen and oxygen atoms in total. The largest absolute Gasteiger partial charge is 0.314 e. The van der Waals surface area contributed by atoms with E-state index in [0.717, 1.165) is 26.1 Å². The van der Waals surface area contributed by atoms with Gasteiger partial charge in [-0.2, -0.15) is 0 Å². The Morgan fingerprint density at radius 1 is 1.05 bits per heavy atom. The van der Waals surface area contributed by atoms with Gasteiger partial charge in [-0.15, -0.1) is 0 Å². The Morgan fingerprint density at radius 3 is 2.25 bits per heavy atom. The highest BCUT2D eigenvalue weighted by Crippen LogP contribution is 2.15. The maximum Gasteiger partial charge on any atom is 0.0239 e. The molecule has 0 saturated carbocycles. The molecule has 114 valence electrons. The van der Waals surface area contributed by atoms with Crippen molar-refractivity contribution in [1.29, 1.82) is 0 Å². The zero-order valence-electron chi connectivity index (χ0n) is 13.9. The van der Waals surface area contributed by atoms with E-state index in [1.54, 1.807) is 0 Å². The second kappa shape index (κ2) is 9.15. The van der Waals surface area contributed by atoms with Crippen molar-refractivity contribution in [2.45, 2.75) is 66.1 Å². The predicted molar refractivity (Wildman–Crippen MR) is 89.1 cm³/mol. The summed E-state index contributed by atoms with van der Waals surface area (Å²) in [5.74, 6) is 0. The summed E-state index contributed by atoms with van der Waals surface area (Å²) in [5.41, 5.74) is 2.97. The van der Waals surface area contributed by atoms with Crippen LogP contribution in [0.3, 0.4) is 0 Å². The fraction of sp³-hybridized carbons (Fsp3) is 0.667. The molecule has 0 aliphatic rings. The Balaban J connectivity index is 2.68. The van der Waals surface area contributed by atoms with E-state index < -0.39 is 0 Å². The molecule has 20 heavy (non-hydrogen) atoms. The van der Waals surface area contributed by atoms with Crippen LogP contribution in [0.1, 0.15) is 52.2 Å².